The summed E-state index contributed by atoms with van der Waals surface area (Å²) in [6, 6.07) is 3.67. The van der Waals surface area contributed by atoms with Gasteiger partial charge in [0, 0.05) is 19.0 Å². The van der Waals surface area contributed by atoms with Gasteiger partial charge in [-0.25, -0.2) is 0 Å². The Morgan fingerprint density at radius 2 is 1.68 bits per heavy atom. The topological polar surface area (TPSA) is 58.6 Å². The number of anilines is 1. The summed E-state index contributed by atoms with van der Waals surface area (Å²) in [6.45, 7) is 1.52. The van der Waals surface area contributed by atoms with E-state index in [0.29, 0.717) is 17.1 Å². The quantitative estimate of drug-likeness (QED) is 0.870. The number of thiophene rings is 1. The molecule has 136 valence electrons. The summed E-state index contributed by atoms with van der Waals surface area (Å²) >= 11 is 1.38. The van der Waals surface area contributed by atoms with Crippen molar-refractivity contribution < 1.29 is 14.3 Å². The van der Waals surface area contributed by atoms with Gasteiger partial charge in [-0.2, -0.15) is 0 Å². The second-order valence-corrected chi connectivity index (χ2v) is 8.55. The highest BCUT2D eigenvalue weighted by Gasteiger charge is 2.30. The number of amides is 2. The Morgan fingerprint density at radius 3 is 2.36 bits per heavy atom. The minimum Gasteiger partial charge on any atom is -0.375 e. The van der Waals surface area contributed by atoms with Crippen molar-refractivity contribution >= 4 is 28.2 Å². The van der Waals surface area contributed by atoms with E-state index in [2.05, 4.69) is 5.32 Å². The van der Waals surface area contributed by atoms with E-state index in [0.717, 1.165) is 43.8 Å². The van der Waals surface area contributed by atoms with Crippen molar-refractivity contribution in [1.29, 1.82) is 0 Å². The lowest BCUT2D eigenvalue weighted by Crippen LogP contribution is -2.41. The van der Waals surface area contributed by atoms with Gasteiger partial charge in [0.25, 0.3) is 5.91 Å². The molecule has 6 heteroatoms. The molecule has 0 spiro atoms. The maximum Gasteiger partial charge on any atom is 0.263 e. The predicted octanol–water partition coefficient (Wildman–Crippen LogP) is 3.66. The number of nitrogens with zero attached hydrogens (tertiary/aromatic N) is 1. The lowest BCUT2D eigenvalue weighted by molar-refractivity contribution is -0.117. The van der Waals surface area contributed by atoms with Crippen LogP contribution < -0.4 is 5.32 Å². The van der Waals surface area contributed by atoms with Crippen LogP contribution in [0.3, 0.4) is 0 Å². The summed E-state index contributed by atoms with van der Waals surface area (Å²) in [5.41, 5.74) is 0. The Labute approximate surface area is 152 Å². The minimum atomic E-state index is 0.0798. The minimum absolute atomic E-state index is 0.0798. The van der Waals surface area contributed by atoms with Crippen LogP contribution in [0.5, 0.6) is 0 Å². The first-order valence-electron chi connectivity index (χ1n) is 9.54. The van der Waals surface area contributed by atoms with Gasteiger partial charge in [-0.1, -0.05) is 12.8 Å². The molecule has 1 saturated heterocycles. The van der Waals surface area contributed by atoms with Crippen LogP contribution in [0.15, 0.2) is 12.1 Å². The van der Waals surface area contributed by atoms with Crippen molar-refractivity contribution in [1.82, 2.24) is 4.90 Å². The van der Waals surface area contributed by atoms with Gasteiger partial charge in [0.15, 0.2) is 0 Å². The van der Waals surface area contributed by atoms with Gasteiger partial charge in [-0.05, 0) is 50.7 Å². The Balaban J connectivity index is 1.26. The van der Waals surface area contributed by atoms with Gasteiger partial charge in [0.05, 0.1) is 22.1 Å². The summed E-state index contributed by atoms with van der Waals surface area (Å²) in [5.74, 6) is 0.349. The molecule has 1 N–H and O–H groups in total. The van der Waals surface area contributed by atoms with Gasteiger partial charge in [-0.3, -0.25) is 9.59 Å². The van der Waals surface area contributed by atoms with Crippen molar-refractivity contribution in [3.05, 3.63) is 17.0 Å². The first-order chi connectivity index (χ1) is 12.2. The molecule has 3 aliphatic rings. The van der Waals surface area contributed by atoms with E-state index < -0.39 is 0 Å². The average Bonchev–Trinajstić information content (AvgIpc) is 3.17. The molecule has 0 bridgehead atoms. The van der Waals surface area contributed by atoms with Crippen LogP contribution in [-0.4, -0.2) is 42.0 Å². The Bertz CT molecular complexity index is 626. The highest BCUT2D eigenvalue weighted by atomic mass is 32.1. The summed E-state index contributed by atoms with van der Waals surface area (Å²) in [4.78, 5) is 27.1. The molecule has 2 aliphatic carbocycles. The third-order valence-corrected chi connectivity index (χ3v) is 6.42. The first kappa shape index (κ1) is 17.0. The Kier molecular flexibility index (Phi) is 5.08. The normalized spacial score (nSPS) is 22.3. The third kappa shape index (κ3) is 4.23. The van der Waals surface area contributed by atoms with Crippen molar-refractivity contribution in [2.24, 2.45) is 5.92 Å². The number of carbonyl (C=O) groups is 2. The van der Waals surface area contributed by atoms with Crippen molar-refractivity contribution in [3.63, 3.8) is 0 Å². The van der Waals surface area contributed by atoms with Gasteiger partial charge in [-0.15, -0.1) is 11.3 Å². The molecule has 0 radical (unpaired) electrons. The fourth-order valence-corrected chi connectivity index (χ4v) is 4.61. The number of nitrogens with one attached hydrogen (secondary N) is 1. The van der Waals surface area contributed by atoms with Crippen LogP contribution in [0.2, 0.25) is 0 Å². The van der Waals surface area contributed by atoms with E-state index in [1.54, 1.807) is 0 Å². The zero-order valence-electron chi connectivity index (χ0n) is 14.5. The number of carbonyl (C=O) groups excluding carboxylic acids is 2. The zero-order chi connectivity index (χ0) is 17.2. The smallest absolute Gasteiger partial charge is 0.263 e. The predicted molar refractivity (Wildman–Crippen MR) is 97.9 cm³/mol. The van der Waals surface area contributed by atoms with E-state index in [1.807, 2.05) is 17.0 Å². The van der Waals surface area contributed by atoms with E-state index >= 15 is 0 Å². The molecule has 0 aromatic carbocycles. The van der Waals surface area contributed by atoms with E-state index in [4.69, 9.17) is 4.74 Å². The maximum absolute atomic E-state index is 12.7. The van der Waals surface area contributed by atoms with Crippen LogP contribution >= 0.6 is 11.3 Å². The molecule has 2 heterocycles. The lowest BCUT2D eigenvalue weighted by atomic mass is 10.1. The van der Waals surface area contributed by atoms with Crippen LogP contribution in [0.25, 0.3) is 0 Å². The molecule has 25 heavy (non-hydrogen) atoms. The van der Waals surface area contributed by atoms with Crippen molar-refractivity contribution in [2.75, 3.05) is 18.4 Å². The summed E-state index contributed by atoms with van der Waals surface area (Å²) in [6.07, 6.45) is 9.57. The van der Waals surface area contributed by atoms with Crippen molar-refractivity contribution in [2.45, 2.75) is 63.6 Å². The molecule has 0 atom stereocenters. The molecule has 1 aliphatic heterocycles. The second kappa shape index (κ2) is 7.46. The molecular weight excluding hydrogens is 336 g/mol. The van der Waals surface area contributed by atoms with E-state index in [1.165, 1.54) is 37.0 Å². The molecule has 0 unspecified atom stereocenters. The van der Waals surface area contributed by atoms with Gasteiger partial charge >= 0.3 is 0 Å². The number of piperidine rings is 1. The fraction of sp³-hybridized carbons (Fsp3) is 0.684. The highest BCUT2D eigenvalue weighted by Crippen LogP contribution is 2.32. The molecular formula is C19H26N2O3S. The molecule has 5 nitrogen and oxygen atoms in total. The first-order valence-corrected chi connectivity index (χ1v) is 10.4. The standard InChI is InChI=1S/C19H26N2O3S/c22-18(13-5-6-13)20-17-8-7-16(25-17)19(23)21-11-9-15(10-12-21)24-14-3-1-2-4-14/h7-8,13-15H,1-6,9-12H2,(H,20,22). The molecule has 1 aromatic rings. The van der Waals surface area contributed by atoms with Gasteiger partial charge < -0.3 is 15.0 Å². The summed E-state index contributed by atoms with van der Waals surface area (Å²) < 4.78 is 6.18. The van der Waals surface area contributed by atoms with Crippen LogP contribution in [-0.2, 0) is 9.53 Å². The number of likely N-dealkylation sites (tertiary alicyclic amines) is 1. The largest absolute Gasteiger partial charge is 0.375 e. The molecule has 2 amide bonds. The van der Waals surface area contributed by atoms with Gasteiger partial charge in [0.2, 0.25) is 5.91 Å². The second-order valence-electron chi connectivity index (χ2n) is 7.46. The summed E-state index contributed by atoms with van der Waals surface area (Å²) in [7, 11) is 0. The molecule has 4 rings (SSSR count). The zero-order valence-corrected chi connectivity index (χ0v) is 15.4. The monoisotopic (exact) mass is 362 g/mol. The van der Waals surface area contributed by atoms with Crippen LogP contribution in [0, 0.1) is 5.92 Å². The van der Waals surface area contributed by atoms with Crippen LogP contribution in [0.1, 0.15) is 61.0 Å². The lowest BCUT2D eigenvalue weighted by Gasteiger charge is -2.33. The maximum atomic E-state index is 12.7. The Hall–Kier alpha value is -1.40. The van der Waals surface area contributed by atoms with Gasteiger partial charge in [0.1, 0.15) is 0 Å². The SMILES string of the molecule is O=C(Nc1ccc(C(=O)N2CCC(OC3CCCC3)CC2)s1)C1CC1. The fourth-order valence-electron chi connectivity index (χ4n) is 3.74. The Morgan fingerprint density at radius 1 is 1.00 bits per heavy atom. The molecule has 3 fully saturated rings. The number of rotatable bonds is 5. The number of ether oxygens (including phenoxy) is 1. The number of hydrogen-bond acceptors (Lipinski definition) is 4. The highest BCUT2D eigenvalue weighted by molar-refractivity contribution is 7.18. The van der Waals surface area contributed by atoms with Crippen molar-refractivity contribution in [3.8, 4) is 0 Å². The molecule has 1 aromatic heterocycles. The van der Waals surface area contributed by atoms with E-state index in [-0.39, 0.29) is 17.7 Å². The number of hydrogen-bond donors (Lipinski definition) is 1. The van der Waals surface area contributed by atoms with Crippen LogP contribution in [0.4, 0.5) is 5.00 Å². The summed E-state index contributed by atoms with van der Waals surface area (Å²) in [5, 5.41) is 3.70. The molecule has 2 saturated carbocycles. The van der Waals surface area contributed by atoms with E-state index in [9.17, 15) is 9.59 Å². The average molecular weight is 362 g/mol. The third-order valence-electron chi connectivity index (χ3n) is 5.43.